The van der Waals surface area contributed by atoms with Gasteiger partial charge in [0.25, 0.3) is 0 Å². The second-order valence-corrected chi connectivity index (χ2v) is 9.58. The van der Waals surface area contributed by atoms with Gasteiger partial charge in [0.05, 0.1) is 19.3 Å². The molecule has 0 heterocycles. The van der Waals surface area contributed by atoms with Crippen LogP contribution < -0.4 is 5.73 Å². The van der Waals surface area contributed by atoms with Crippen LogP contribution in [0.3, 0.4) is 0 Å². The lowest BCUT2D eigenvalue weighted by Gasteiger charge is -2.48. The third kappa shape index (κ3) is 4.22. The van der Waals surface area contributed by atoms with Crippen LogP contribution in [0.2, 0.25) is 0 Å². The zero-order valence-corrected chi connectivity index (χ0v) is 13.9. The molecule has 0 radical (unpaired) electrons. The summed E-state index contributed by atoms with van der Waals surface area (Å²) in [5, 5.41) is 63.2. The average molecular weight is 386 g/mol. The molecule has 0 aliphatic rings. The highest BCUT2D eigenvalue weighted by atomic mass is 31.2. The van der Waals surface area contributed by atoms with Crippen molar-refractivity contribution >= 4 is 31.1 Å². The molecule has 144 valence electrons. The van der Waals surface area contributed by atoms with Crippen molar-refractivity contribution in [1.29, 1.82) is 0 Å². The van der Waals surface area contributed by atoms with Gasteiger partial charge in [-0.25, -0.2) is 0 Å². The number of carbonyl (C=O) groups is 4. The normalized spacial score (nSPS) is 14.6. The number of hydrogen-bond acceptors (Lipinski definition) is 8. The monoisotopic (exact) mass is 386 g/mol. The fraction of sp³-hybridized carbons (Fsp3) is 0.667. The van der Waals surface area contributed by atoms with E-state index in [2.05, 4.69) is 0 Å². The first-order valence-electron chi connectivity index (χ1n) is 6.74. The van der Waals surface area contributed by atoms with Gasteiger partial charge in [-0.1, -0.05) is 0 Å². The van der Waals surface area contributed by atoms with Crippen LogP contribution >= 0.6 is 7.26 Å². The quantitative estimate of drug-likeness (QED) is 0.167. The summed E-state index contributed by atoms with van der Waals surface area (Å²) < 4.78 is 0. The molecular weight excluding hydrogens is 365 g/mol. The SMILES string of the molecule is NC(CC(=O)O)(C(=O)O)C(CC(=O)O)(CC(=O)O)[P+](CO)(CO)CO. The molecule has 9 N–H and O–H groups in total. The average Bonchev–Trinajstić information content (AvgIpc) is 2.46. The van der Waals surface area contributed by atoms with Gasteiger partial charge in [-0.15, -0.1) is 0 Å². The molecular formula is C12H21NO11P+. The molecule has 0 saturated heterocycles. The second kappa shape index (κ2) is 8.50. The first-order chi connectivity index (χ1) is 11.4. The van der Waals surface area contributed by atoms with Gasteiger partial charge >= 0.3 is 23.9 Å². The molecule has 12 nitrogen and oxygen atoms in total. The van der Waals surface area contributed by atoms with Crippen LogP contribution in [0.15, 0.2) is 0 Å². The van der Waals surface area contributed by atoms with E-state index < -0.39 is 80.1 Å². The minimum Gasteiger partial charge on any atom is -0.481 e. The van der Waals surface area contributed by atoms with Crippen molar-refractivity contribution < 1.29 is 54.9 Å². The van der Waals surface area contributed by atoms with Crippen molar-refractivity contribution in [3.8, 4) is 0 Å². The Kier molecular flexibility index (Phi) is 7.87. The van der Waals surface area contributed by atoms with E-state index in [-0.39, 0.29) is 0 Å². The van der Waals surface area contributed by atoms with Crippen LogP contribution in [-0.4, -0.2) is 89.4 Å². The Balaban J connectivity index is 7.01. The smallest absolute Gasteiger partial charge is 0.328 e. The molecule has 0 aromatic carbocycles. The molecule has 0 bridgehead atoms. The maximum atomic E-state index is 11.8. The Bertz CT molecular complexity index is 523. The summed E-state index contributed by atoms with van der Waals surface area (Å²) in [6, 6.07) is 0. The summed E-state index contributed by atoms with van der Waals surface area (Å²) in [6.07, 6.45) is -7.36. The number of rotatable bonds is 12. The molecule has 0 saturated carbocycles. The third-order valence-corrected chi connectivity index (χ3v) is 8.41. The van der Waals surface area contributed by atoms with Crippen LogP contribution in [-0.2, 0) is 19.2 Å². The van der Waals surface area contributed by atoms with Gasteiger partial charge in [0.15, 0.2) is 24.6 Å². The van der Waals surface area contributed by atoms with Crippen molar-refractivity contribution in [3.63, 3.8) is 0 Å². The van der Waals surface area contributed by atoms with Crippen LogP contribution in [0.4, 0.5) is 0 Å². The standard InChI is InChI=1S/C12H20NO11P/c13-12(10(23)24,3-9(21)22)11(1-7(17)18,2-8(19)20)25(4-14,5-15)6-16/h14-16H,1-6,13H2,(H3-,17,18,19,20,21,22,23,24)/p+1. The minimum atomic E-state index is -3.88. The number of aliphatic hydroxyl groups is 3. The van der Waals surface area contributed by atoms with E-state index in [0.717, 1.165) is 0 Å². The zero-order valence-electron chi connectivity index (χ0n) is 13.0. The summed E-state index contributed by atoms with van der Waals surface area (Å²) >= 11 is 0. The first-order valence-corrected chi connectivity index (χ1v) is 9.09. The van der Waals surface area contributed by atoms with Crippen molar-refractivity contribution in [1.82, 2.24) is 0 Å². The molecule has 0 aromatic rings. The Morgan fingerprint density at radius 3 is 1.24 bits per heavy atom. The van der Waals surface area contributed by atoms with E-state index in [1.807, 2.05) is 0 Å². The number of nitrogens with two attached hydrogens (primary N) is 1. The molecule has 0 amide bonds. The zero-order chi connectivity index (χ0) is 20.1. The van der Waals surface area contributed by atoms with Crippen molar-refractivity contribution in [2.24, 2.45) is 5.73 Å². The van der Waals surface area contributed by atoms with Gasteiger partial charge in [-0.3, -0.25) is 19.2 Å². The van der Waals surface area contributed by atoms with E-state index in [4.69, 9.17) is 10.8 Å². The van der Waals surface area contributed by atoms with E-state index in [1.54, 1.807) is 0 Å². The number of carboxylic acids is 4. The second-order valence-electron chi connectivity index (χ2n) is 5.59. The summed E-state index contributed by atoms with van der Waals surface area (Å²) in [4.78, 5) is 45.5. The highest BCUT2D eigenvalue weighted by Gasteiger charge is 2.72. The van der Waals surface area contributed by atoms with Gasteiger partial charge in [-0.05, 0) is 0 Å². The first kappa shape index (κ1) is 23.1. The summed E-state index contributed by atoms with van der Waals surface area (Å²) in [7, 11) is -3.88. The van der Waals surface area contributed by atoms with Gasteiger partial charge in [-0.2, -0.15) is 0 Å². The lowest BCUT2D eigenvalue weighted by molar-refractivity contribution is -0.154. The Labute approximate surface area is 141 Å². The molecule has 0 spiro atoms. The third-order valence-electron chi connectivity index (χ3n) is 4.25. The molecule has 0 aromatic heterocycles. The molecule has 1 atom stereocenters. The molecule has 25 heavy (non-hydrogen) atoms. The van der Waals surface area contributed by atoms with Crippen LogP contribution in [0, 0.1) is 0 Å². The van der Waals surface area contributed by atoms with Crippen LogP contribution in [0.5, 0.6) is 0 Å². The summed E-state index contributed by atoms with van der Waals surface area (Å²) in [5.74, 6) is -7.26. The maximum Gasteiger partial charge on any atom is 0.328 e. The molecule has 0 aliphatic heterocycles. The molecule has 1 unspecified atom stereocenters. The van der Waals surface area contributed by atoms with Crippen molar-refractivity contribution in [3.05, 3.63) is 0 Å². The largest absolute Gasteiger partial charge is 0.481 e. The summed E-state index contributed by atoms with van der Waals surface area (Å²) in [5.41, 5.74) is 2.73. The molecule has 13 heteroatoms. The van der Waals surface area contributed by atoms with Crippen LogP contribution in [0.1, 0.15) is 19.3 Å². The topological polar surface area (TPSA) is 236 Å². The Hall–Kier alpha value is -1.85. The number of carboxylic acid groups (broad SMARTS) is 4. The fourth-order valence-electron chi connectivity index (χ4n) is 2.85. The predicted molar refractivity (Wildman–Crippen MR) is 82.2 cm³/mol. The van der Waals surface area contributed by atoms with E-state index >= 15 is 0 Å². The van der Waals surface area contributed by atoms with Gasteiger partial charge in [0.1, 0.15) is 12.4 Å². The van der Waals surface area contributed by atoms with Gasteiger partial charge < -0.3 is 41.5 Å². The molecule has 0 fully saturated rings. The number of hydrogen-bond donors (Lipinski definition) is 8. The van der Waals surface area contributed by atoms with E-state index in [0.29, 0.717) is 0 Å². The lowest BCUT2D eigenvalue weighted by Crippen LogP contribution is -2.69. The van der Waals surface area contributed by atoms with Gasteiger partial charge in [0.2, 0.25) is 0 Å². The van der Waals surface area contributed by atoms with Gasteiger partial charge in [0, 0.05) is 0 Å². The fourth-order valence-corrected chi connectivity index (χ4v) is 5.90. The van der Waals surface area contributed by atoms with Crippen molar-refractivity contribution in [2.45, 2.75) is 30.0 Å². The number of aliphatic hydroxyl groups excluding tert-OH is 3. The van der Waals surface area contributed by atoms with E-state index in [9.17, 15) is 49.8 Å². The minimum absolute atomic E-state index is 1.13. The lowest BCUT2D eigenvalue weighted by atomic mass is 9.76. The Morgan fingerprint density at radius 1 is 0.720 bits per heavy atom. The highest BCUT2D eigenvalue weighted by Crippen LogP contribution is 2.72. The molecule has 0 rings (SSSR count). The maximum absolute atomic E-state index is 11.8. The van der Waals surface area contributed by atoms with Crippen LogP contribution in [0.25, 0.3) is 0 Å². The number of aliphatic carboxylic acids is 4. The summed E-state index contributed by atoms with van der Waals surface area (Å²) in [6.45, 7) is 0. The molecule has 0 aliphatic carbocycles. The van der Waals surface area contributed by atoms with Crippen molar-refractivity contribution in [2.75, 3.05) is 19.0 Å². The Morgan fingerprint density at radius 2 is 1.04 bits per heavy atom. The van der Waals surface area contributed by atoms with E-state index in [1.165, 1.54) is 0 Å². The highest BCUT2D eigenvalue weighted by molar-refractivity contribution is 7.77. The predicted octanol–water partition coefficient (Wildman–Crippen LogP) is -2.20.